The lowest BCUT2D eigenvalue weighted by atomic mass is 10.1. The van der Waals surface area contributed by atoms with Crippen LogP contribution in [0.1, 0.15) is 32.3 Å². The topological polar surface area (TPSA) is 58.2 Å². The van der Waals surface area contributed by atoms with E-state index in [9.17, 15) is 9.59 Å². The van der Waals surface area contributed by atoms with E-state index < -0.39 is 0 Å². The van der Waals surface area contributed by atoms with Crippen LogP contribution in [0.25, 0.3) is 6.08 Å². The van der Waals surface area contributed by atoms with Crippen molar-refractivity contribution in [1.29, 1.82) is 0 Å². The maximum atomic E-state index is 12.0. The van der Waals surface area contributed by atoms with Crippen molar-refractivity contribution >= 4 is 17.9 Å². The van der Waals surface area contributed by atoms with Crippen LogP contribution < -0.4 is 10.6 Å². The van der Waals surface area contributed by atoms with E-state index in [0.717, 1.165) is 17.6 Å². The van der Waals surface area contributed by atoms with Crippen LogP contribution in [0.4, 0.5) is 0 Å². The van der Waals surface area contributed by atoms with E-state index in [4.69, 9.17) is 0 Å². The number of carbonyl (C=O) groups is 2. The van der Waals surface area contributed by atoms with Crippen LogP contribution in [0, 0.1) is 0 Å². The molecule has 1 aromatic rings. The Morgan fingerprint density at radius 1 is 1.10 bits per heavy atom. The Labute approximate surface area is 120 Å². The second kappa shape index (κ2) is 8.91. The molecule has 0 saturated heterocycles. The van der Waals surface area contributed by atoms with Crippen molar-refractivity contribution in [1.82, 2.24) is 10.6 Å². The molecule has 0 fully saturated rings. The van der Waals surface area contributed by atoms with Gasteiger partial charge in [-0.1, -0.05) is 37.3 Å². The Morgan fingerprint density at radius 3 is 2.35 bits per heavy atom. The summed E-state index contributed by atoms with van der Waals surface area (Å²) in [6.45, 7) is 4.59. The quantitative estimate of drug-likeness (QED) is 0.591. The molecule has 0 spiro atoms. The summed E-state index contributed by atoms with van der Waals surface area (Å²) in [5, 5.41) is 5.57. The molecule has 4 heteroatoms. The van der Waals surface area contributed by atoms with E-state index in [2.05, 4.69) is 10.6 Å². The molecule has 20 heavy (non-hydrogen) atoms. The zero-order valence-electron chi connectivity index (χ0n) is 12.1. The van der Waals surface area contributed by atoms with Crippen LogP contribution in [-0.2, 0) is 9.59 Å². The minimum absolute atomic E-state index is 0.0424. The van der Waals surface area contributed by atoms with Gasteiger partial charge in [0.2, 0.25) is 11.8 Å². The van der Waals surface area contributed by atoms with Gasteiger partial charge in [0.1, 0.15) is 0 Å². The van der Waals surface area contributed by atoms with Gasteiger partial charge >= 0.3 is 0 Å². The summed E-state index contributed by atoms with van der Waals surface area (Å²) < 4.78 is 0. The third-order valence-corrected chi connectivity index (χ3v) is 2.83. The molecule has 0 radical (unpaired) electrons. The number of nitrogens with one attached hydrogen (secondary N) is 2. The Hall–Kier alpha value is -2.10. The SMILES string of the molecule is CC/C(=C\c1ccccc1)C(=O)NCCCNC(C)=O. The smallest absolute Gasteiger partial charge is 0.247 e. The van der Waals surface area contributed by atoms with Crippen LogP contribution in [0.15, 0.2) is 35.9 Å². The average molecular weight is 274 g/mol. The van der Waals surface area contributed by atoms with E-state index >= 15 is 0 Å². The number of benzene rings is 1. The van der Waals surface area contributed by atoms with Gasteiger partial charge in [-0.25, -0.2) is 0 Å². The summed E-state index contributed by atoms with van der Waals surface area (Å²) in [5.74, 6) is -0.0891. The first kappa shape index (κ1) is 16.0. The van der Waals surface area contributed by atoms with Crippen molar-refractivity contribution in [2.45, 2.75) is 26.7 Å². The second-order valence-electron chi connectivity index (χ2n) is 4.53. The monoisotopic (exact) mass is 274 g/mol. The molecule has 2 amide bonds. The molecule has 1 aromatic carbocycles. The summed E-state index contributed by atoms with van der Waals surface area (Å²) in [6, 6.07) is 9.79. The Bertz CT molecular complexity index is 467. The normalized spacial score (nSPS) is 11.0. The maximum Gasteiger partial charge on any atom is 0.247 e. The minimum Gasteiger partial charge on any atom is -0.356 e. The maximum absolute atomic E-state index is 12.0. The first-order valence-corrected chi connectivity index (χ1v) is 6.91. The van der Waals surface area contributed by atoms with E-state index in [1.165, 1.54) is 6.92 Å². The van der Waals surface area contributed by atoms with Gasteiger partial charge in [0, 0.05) is 25.6 Å². The molecular formula is C16H22N2O2. The van der Waals surface area contributed by atoms with E-state index in [0.29, 0.717) is 19.5 Å². The van der Waals surface area contributed by atoms with Gasteiger partial charge in [0.25, 0.3) is 0 Å². The van der Waals surface area contributed by atoms with Crippen molar-refractivity contribution in [3.8, 4) is 0 Å². The summed E-state index contributed by atoms with van der Waals surface area (Å²) in [6.07, 6.45) is 3.32. The molecule has 0 bridgehead atoms. The van der Waals surface area contributed by atoms with Crippen LogP contribution in [0.5, 0.6) is 0 Å². The number of rotatable bonds is 7. The van der Waals surface area contributed by atoms with Crippen molar-refractivity contribution in [3.05, 3.63) is 41.5 Å². The molecule has 2 N–H and O–H groups in total. The molecular weight excluding hydrogens is 252 g/mol. The highest BCUT2D eigenvalue weighted by Gasteiger charge is 2.06. The zero-order chi connectivity index (χ0) is 14.8. The zero-order valence-corrected chi connectivity index (χ0v) is 12.1. The van der Waals surface area contributed by atoms with Gasteiger partial charge in [-0.05, 0) is 24.5 Å². The molecule has 0 aliphatic heterocycles. The second-order valence-corrected chi connectivity index (χ2v) is 4.53. The predicted molar refractivity (Wildman–Crippen MR) is 81.0 cm³/mol. The Balaban J connectivity index is 2.43. The third-order valence-electron chi connectivity index (χ3n) is 2.83. The highest BCUT2D eigenvalue weighted by molar-refractivity contribution is 5.97. The fraction of sp³-hybridized carbons (Fsp3) is 0.375. The first-order chi connectivity index (χ1) is 9.63. The molecule has 0 aliphatic carbocycles. The molecule has 0 aliphatic rings. The number of amides is 2. The van der Waals surface area contributed by atoms with Crippen LogP contribution in [-0.4, -0.2) is 24.9 Å². The third kappa shape index (κ3) is 6.18. The molecule has 4 nitrogen and oxygen atoms in total. The van der Waals surface area contributed by atoms with Gasteiger partial charge in [-0.2, -0.15) is 0 Å². The van der Waals surface area contributed by atoms with Gasteiger partial charge in [-0.15, -0.1) is 0 Å². The molecule has 0 saturated carbocycles. The highest BCUT2D eigenvalue weighted by atomic mass is 16.2. The van der Waals surface area contributed by atoms with Crippen LogP contribution in [0.3, 0.4) is 0 Å². The summed E-state index contributed by atoms with van der Waals surface area (Å²) >= 11 is 0. The van der Waals surface area contributed by atoms with E-state index in [1.807, 2.05) is 43.3 Å². The van der Waals surface area contributed by atoms with Crippen molar-refractivity contribution in [2.24, 2.45) is 0 Å². The van der Waals surface area contributed by atoms with Crippen molar-refractivity contribution in [3.63, 3.8) is 0 Å². The average Bonchev–Trinajstić information content (AvgIpc) is 2.45. The van der Waals surface area contributed by atoms with Gasteiger partial charge in [0.05, 0.1) is 0 Å². The molecule has 108 valence electrons. The van der Waals surface area contributed by atoms with Gasteiger partial charge in [-0.3, -0.25) is 9.59 Å². The molecule has 1 rings (SSSR count). The fourth-order valence-electron chi connectivity index (χ4n) is 1.75. The molecule has 0 heterocycles. The summed E-state index contributed by atoms with van der Waals surface area (Å²) in [7, 11) is 0. The lowest BCUT2D eigenvalue weighted by Gasteiger charge is -2.08. The summed E-state index contributed by atoms with van der Waals surface area (Å²) in [5.41, 5.74) is 1.79. The van der Waals surface area contributed by atoms with E-state index in [-0.39, 0.29) is 11.8 Å². The lowest BCUT2D eigenvalue weighted by Crippen LogP contribution is -2.29. The largest absolute Gasteiger partial charge is 0.356 e. The van der Waals surface area contributed by atoms with Crippen molar-refractivity contribution in [2.75, 3.05) is 13.1 Å². The summed E-state index contributed by atoms with van der Waals surface area (Å²) in [4.78, 5) is 22.7. The highest BCUT2D eigenvalue weighted by Crippen LogP contribution is 2.09. The number of carbonyl (C=O) groups excluding carboxylic acids is 2. The first-order valence-electron chi connectivity index (χ1n) is 6.91. The van der Waals surface area contributed by atoms with Crippen molar-refractivity contribution < 1.29 is 9.59 Å². The minimum atomic E-state index is -0.0467. The number of hydrogen-bond acceptors (Lipinski definition) is 2. The standard InChI is InChI=1S/C16H22N2O2/c1-3-15(12-14-8-5-4-6-9-14)16(20)18-11-7-10-17-13(2)19/h4-6,8-9,12H,3,7,10-11H2,1-2H3,(H,17,19)(H,18,20)/b15-12+. The fourth-order valence-corrected chi connectivity index (χ4v) is 1.75. The Kier molecular flexibility index (Phi) is 7.11. The van der Waals surface area contributed by atoms with Gasteiger partial charge < -0.3 is 10.6 Å². The Morgan fingerprint density at radius 2 is 1.75 bits per heavy atom. The van der Waals surface area contributed by atoms with Gasteiger partial charge in [0.15, 0.2) is 0 Å². The number of hydrogen-bond donors (Lipinski definition) is 2. The van der Waals surface area contributed by atoms with E-state index in [1.54, 1.807) is 0 Å². The van der Waals surface area contributed by atoms with Crippen LogP contribution >= 0.6 is 0 Å². The lowest BCUT2D eigenvalue weighted by molar-refractivity contribution is -0.119. The molecule has 0 aromatic heterocycles. The molecule has 0 unspecified atom stereocenters. The molecule has 0 atom stereocenters. The van der Waals surface area contributed by atoms with Crippen LogP contribution in [0.2, 0.25) is 0 Å². The predicted octanol–water partition coefficient (Wildman–Crippen LogP) is 2.12.